The largest absolute Gasteiger partial charge is 0.378 e. The van der Waals surface area contributed by atoms with Crippen LogP contribution in [-0.4, -0.2) is 42.0 Å². The summed E-state index contributed by atoms with van der Waals surface area (Å²) in [5, 5.41) is 10.6. The van der Waals surface area contributed by atoms with Crippen LogP contribution in [0.5, 0.6) is 0 Å². The number of halogens is 1. The highest BCUT2D eigenvalue weighted by molar-refractivity contribution is 6.33. The number of rotatable bonds is 2. The monoisotopic (exact) mass is 270 g/mol. The van der Waals surface area contributed by atoms with Gasteiger partial charge in [-0.1, -0.05) is 11.6 Å². The van der Waals surface area contributed by atoms with Crippen LogP contribution in [0.2, 0.25) is 5.02 Å². The minimum atomic E-state index is -0.578. The number of benzene rings is 1. The molecule has 0 spiro atoms. The summed E-state index contributed by atoms with van der Waals surface area (Å²) in [6.07, 6.45) is 0. The highest BCUT2D eigenvalue weighted by Crippen LogP contribution is 2.25. The number of nitro groups is 1. The van der Waals surface area contributed by atoms with Crippen LogP contribution in [0.1, 0.15) is 10.4 Å². The fourth-order valence-corrected chi connectivity index (χ4v) is 1.99. The van der Waals surface area contributed by atoms with Gasteiger partial charge in [-0.2, -0.15) is 0 Å². The van der Waals surface area contributed by atoms with Crippen molar-refractivity contribution in [1.82, 2.24) is 4.90 Å². The lowest BCUT2D eigenvalue weighted by molar-refractivity contribution is -0.384. The number of nitro benzene ring substituents is 1. The molecule has 1 aromatic rings. The smallest absolute Gasteiger partial charge is 0.287 e. The van der Waals surface area contributed by atoms with Gasteiger partial charge >= 0.3 is 0 Å². The molecule has 0 radical (unpaired) electrons. The maximum Gasteiger partial charge on any atom is 0.287 e. The summed E-state index contributed by atoms with van der Waals surface area (Å²) < 4.78 is 5.15. The average molecular weight is 271 g/mol. The summed E-state index contributed by atoms with van der Waals surface area (Å²) in [6, 6.07) is 4.00. The van der Waals surface area contributed by atoms with Gasteiger partial charge in [-0.05, 0) is 12.1 Å². The summed E-state index contributed by atoms with van der Waals surface area (Å²) in [6.45, 7) is 2.06. The van der Waals surface area contributed by atoms with Crippen molar-refractivity contribution in [2.75, 3.05) is 26.3 Å². The molecule has 1 aromatic carbocycles. The lowest BCUT2D eigenvalue weighted by Crippen LogP contribution is -2.40. The molecule has 1 amide bonds. The van der Waals surface area contributed by atoms with Crippen molar-refractivity contribution in [3.8, 4) is 0 Å². The lowest BCUT2D eigenvalue weighted by atomic mass is 10.1. The van der Waals surface area contributed by atoms with Crippen molar-refractivity contribution in [2.45, 2.75) is 0 Å². The predicted octanol–water partition coefficient (Wildman–Crippen LogP) is 1.72. The lowest BCUT2D eigenvalue weighted by Gasteiger charge is -2.26. The maximum atomic E-state index is 12.1. The molecule has 7 heteroatoms. The highest BCUT2D eigenvalue weighted by atomic mass is 35.5. The van der Waals surface area contributed by atoms with Crippen LogP contribution in [0, 0.1) is 10.1 Å². The Morgan fingerprint density at radius 2 is 2.06 bits per heavy atom. The zero-order valence-corrected chi connectivity index (χ0v) is 10.2. The van der Waals surface area contributed by atoms with Crippen LogP contribution >= 0.6 is 11.6 Å². The van der Waals surface area contributed by atoms with Crippen LogP contribution in [0.3, 0.4) is 0 Å². The standard InChI is InChI=1S/C11H11ClN2O4/c12-9-7-8(1-2-10(9)14(16)17)11(15)13-3-5-18-6-4-13/h1-2,7H,3-6H2. The summed E-state index contributed by atoms with van der Waals surface area (Å²) in [5.74, 6) is -0.185. The number of carbonyl (C=O) groups is 1. The van der Waals surface area contributed by atoms with Gasteiger partial charge in [-0.25, -0.2) is 0 Å². The van der Waals surface area contributed by atoms with Crippen LogP contribution in [0.25, 0.3) is 0 Å². The first-order chi connectivity index (χ1) is 8.59. The third kappa shape index (κ3) is 2.60. The Balaban J connectivity index is 2.20. The van der Waals surface area contributed by atoms with Gasteiger partial charge in [0.1, 0.15) is 5.02 Å². The topological polar surface area (TPSA) is 72.7 Å². The normalized spacial score (nSPS) is 15.5. The first-order valence-corrected chi connectivity index (χ1v) is 5.78. The van der Waals surface area contributed by atoms with Gasteiger partial charge in [0, 0.05) is 24.7 Å². The van der Waals surface area contributed by atoms with Crippen LogP contribution in [0.4, 0.5) is 5.69 Å². The van der Waals surface area contributed by atoms with Crippen molar-refractivity contribution in [1.29, 1.82) is 0 Å². The molecule has 1 aliphatic rings. The molecule has 0 aliphatic carbocycles. The van der Waals surface area contributed by atoms with E-state index < -0.39 is 4.92 Å². The third-order valence-electron chi connectivity index (χ3n) is 2.69. The molecule has 0 atom stereocenters. The van der Waals surface area contributed by atoms with Crippen LogP contribution < -0.4 is 0 Å². The van der Waals surface area contributed by atoms with E-state index in [1.54, 1.807) is 4.90 Å². The van der Waals surface area contributed by atoms with E-state index in [9.17, 15) is 14.9 Å². The van der Waals surface area contributed by atoms with E-state index in [2.05, 4.69) is 0 Å². The van der Waals surface area contributed by atoms with Gasteiger partial charge in [0.25, 0.3) is 11.6 Å². The number of nitrogens with zero attached hydrogens (tertiary/aromatic N) is 2. The number of hydrogen-bond donors (Lipinski definition) is 0. The maximum absolute atomic E-state index is 12.1. The number of ether oxygens (including phenoxy) is 1. The molecule has 0 bridgehead atoms. The molecule has 2 rings (SSSR count). The molecule has 6 nitrogen and oxygen atoms in total. The second-order valence-corrected chi connectivity index (χ2v) is 4.24. The fraction of sp³-hybridized carbons (Fsp3) is 0.364. The molecule has 1 saturated heterocycles. The zero-order chi connectivity index (χ0) is 13.1. The van der Waals surface area contributed by atoms with E-state index in [0.29, 0.717) is 31.9 Å². The molecule has 18 heavy (non-hydrogen) atoms. The van der Waals surface area contributed by atoms with Crippen LogP contribution in [0.15, 0.2) is 18.2 Å². The Labute approximate surface area is 108 Å². The molecular formula is C11H11ClN2O4. The SMILES string of the molecule is O=C(c1ccc([N+](=O)[O-])c(Cl)c1)N1CCOCC1. The average Bonchev–Trinajstić information content (AvgIpc) is 2.38. The predicted molar refractivity (Wildman–Crippen MR) is 64.8 cm³/mol. The number of amides is 1. The number of hydrogen-bond acceptors (Lipinski definition) is 4. The third-order valence-corrected chi connectivity index (χ3v) is 2.99. The van der Waals surface area contributed by atoms with Gasteiger partial charge in [0.15, 0.2) is 0 Å². The Hall–Kier alpha value is -1.66. The van der Waals surface area contributed by atoms with E-state index in [4.69, 9.17) is 16.3 Å². The summed E-state index contributed by atoms with van der Waals surface area (Å²) in [5.41, 5.74) is 0.155. The minimum Gasteiger partial charge on any atom is -0.378 e. The highest BCUT2D eigenvalue weighted by Gasteiger charge is 2.21. The molecule has 0 saturated carbocycles. The molecule has 0 unspecified atom stereocenters. The molecule has 96 valence electrons. The Morgan fingerprint density at radius 3 is 2.61 bits per heavy atom. The van der Waals surface area contributed by atoms with E-state index in [-0.39, 0.29) is 16.6 Å². The van der Waals surface area contributed by atoms with E-state index in [1.165, 1.54) is 18.2 Å². The first kappa shape index (κ1) is 12.8. The Morgan fingerprint density at radius 1 is 1.39 bits per heavy atom. The molecule has 0 aromatic heterocycles. The molecule has 1 fully saturated rings. The van der Waals surface area contributed by atoms with Gasteiger partial charge in [0.2, 0.25) is 0 Å². The van der Waals surface area contributed by atoms with Crippen LogP contribution in [-0.2, 0) is 4.74 Å². The molecular weight excluding hydrogens is 260 g/mol. The van der Waals surface area contributed by atoms with Gasteiger partial charge in [-0.3, -0.25) is 14.9 Å². The van der Waals surface area contributed by atoms with Gasteiger partial charge in [-0.15, -0.1) is 0 Å². The number of morpholine rings is 1. The summed E-state index contributed by atoms with van der Waals surface area (Å²) >= 11 is 5.77. The molecule has 0 N–H and O–H groups in total. The first-order valence-electron chi connectivity index (χ1n) is 5.40. The van der Waals surface area contributed by atoms with Gasteiger partial charge < -0.3 is 9.64 Å². The fourth-order valence-electron chi connectivity index (χ4n) is 1.74. The molecule has 1 heterocycles. The van der Waals surface area contributed by atoms with Crippen molar-refractivity contribution >= 4 is 23.2 Å². The van der Waals surface area contributed by atoms with E-state index in [0.717, 1.165) is 0 Å². The zero-order valence-electron chi connectivity index (χ0n) is 9.47. The van der Waals surface area contributed by atoms with Crippen molar-refractivity contribution in [3.63, 3.8) is 0 Å². The minimum absolute atomic E-state index is 0.0286. The Kier molecular flexibility index (Phi) is 3.78. The second-order valence-electron chi connectivity index (χ2n) is 3.83. The van der Waals surface area contributed by atoms with E-state index >= 15 is 0 Å². The van der Waals surface area contributed by atoms with E-state index in [1.807, 2.05) is 0 Å². The summed E-state index contributed by atoms with van der Waals surface area (Å²) in [4.78, 5) is 23.8. The number of carbonyl (C=O) groups excluding carboxylic acids is 1. The quantitative estimate of drug-likeness (QED) is 0.606. The van der Waals surface area contributed by atoms with Gasteiger partial charge in [0.05, 0.1) is 18.1 Å². The molecule has 1 aliphatic heterocycles. The summed E-state index contributed by atoms with van der Waals surface area (Å²) in [7, 11) is 0. The Bertz CT molecular complexity index is 486. The van der Waals surface area contributed by atoms with Crippen molar-refractivity contribution < 1.29 is 14.5 Å². The van der Waals surface area contributed by atoms with Crippen molar-refractivity contribution in [2.24, 2.45) is 0 Å². The van der Waals surface area contributed by atoms with Crippen molar-refractivity contribution in [3.05, 3.63) is 38.9 Å². The second kappa shape index (κ2) is 5.32.